The number of aliphatic hydroxyl groups is 1. The average Bonchev–Trinajstić information content (AvgIpc) is 2.61. The predicted molar refractivity (Wildman–Crippen MR) is 100 cm³/mol. The van der Waals surface area contributed by atoms with Crippen LogP contribution in [-0.4, -0.2) is 57.8 Å². The molecule has 2 aromatic heterocycles. The van der Waals surface area contributed by atoms with Crippen LogP contribution in [0.3, 0.4) is 0 Å². The zero-order chi connectivity index (χ0) is 17.8. The van der Waals surface area contributed by atoms with Crippen molar-refractivity contribution < 1.29 is 5.11 Å². The molecule has 0 saturated heterocycles. The van der Waals surface area contributed by atoms with E-state index in [1.807, 2.05) is 19.0 Å². The highest BCUT2D eigenvalue weighted by atomic mass is 16.3. The van der Waals surface area contributed by atoms with Gasteiger partial charge in [-0.05, 0) is 19.3 Å². The normalized spacial score (nSPS) is 20.5. The van der Waals surface area contributed by atoms with Gasteiger partial charge in [-0.15, -0.1) is 0 Å². The molecule has 0 unspecified atom stereocenters. The summed E-state index contributed by atoms with van der Waals surface area (Å²) in [6.07, 6.45) is 6.09. The molecule has 2 aromatic rings. The number of nitrogens with zero attached hydrogens (tertiary/aromatic N) is 5. The third kappa shape index (κ3) is 3.89. The Hall–Kier alpha value is -2.22. The highest BCUT2D eigenvalue weighted by Crippen LogP contribution is 2.28. The summed E-state index contributed by atoms with van der Waals surface area (Å²) in [6, 6.07) is -0.00308. The Morgan fingerprint density at radius 1 is 1.12 bits per heavy atom. The van der Waals surface area contributed by atoms with Gasteiger partial charge in [0, 0.05) is 20.6 Å². The zero-order valence-electron chi connectivity index (χ0n) is 15.2. The van der Waals surface area contributed by atoms with Crippen molar-refractivity contribution in [3.8, 4) is 0 Å². The van der Waals surface area contributed by atoms with Gasteiger partial charge in [-0.2, -0.15) is 4.98 Å². The molecule has 3 rings (SSSR count). The van der Waals surface area contributed by atoms with E-state index in [-0.39, 0.29) is 12.1 Å². The molecule has 136 valence electrons. The molecule has 8 nitrogen and oxygen atoms in total. The molecule has 0 bridgehead atoms. The van der Waals surface area contributed by atoms with Gasteiger partial charge >= 0.3 is 0 Å². The fourth-order valence-electron chi connectivity index (χ4n) is 3.06. The molecule has 0 spiro atoms. The van der Waals surface area contributed by atoms with Crippen molar-refractivity contribution in [3.05, 3.63) is 6.33 Å². The van der Waals surface area contributed by atoms with Gasteiger partial charge in [0.2, 0.25) is 5.95 Å². The summed E-state index contributed by atoms with van der Waals surface area (Å²) in [6.45, 7) is 2.92. The van der Waals surface area contributed by atoms with E-state index < -0.39 is 0 Å². The first-order chi connectivity index (χ1) is 12.1. The molecule has 0 radical (unpaired) electrons. The predicted octanol–water partition coefficient (Wildman–Crippen LogP) is 2.02. The fraction of sp³-hybridized carbons (Fsp3) is 0.647. The lowest BCUT2D eigenvalue weighted by atomic mass is 9.92. The largest absolute Gasteiger partial charge is 0.391 e. The van der Waals surface area contributed by atoms with E-state index in [1.165, 1.54) is 6.33 Å². The first kappa shape index (κ1) is 17.6. The second-order valence-corrected chi connectivity index (χ2v) is 6.72. The number of rotatable bonds is 6. The van der Waals surface area contributed by atoms with E-state index >= 15 is 0 Å². The number of aromatic nitrogens is 4. The molecule has 0 aromatic carbocycles. The minimum atomic E-state index is -0.355. The lowest BCUT2D eigenvalue weighted by Crippen LogP contribution is -2.36. The van der Waals surface area contributed by atoms with Crippen LogP contribution in [0.15, 0.2) is 6.33 Å². The van der Waals surface area contributed by atoms with Gasteiger partial charge in [-0.1, -0.05) is 19.8 Å². The van der Waals surface area contributed by atoms with Crippen molar-refractivity contribution in [2.75, 3.05) is 36.2 Å². The van der Waals surface area contributed by atoms with Gasteiger partial charge in [0.1, 0.15) is 17.4 Å². The second-order valence-electron chi connectivity index (χ2n) is 6.72. The monoisotopic (exact) mass is 345 g/mol. The van der Waals surface area contributed by atoms with Gasteiger partial charge < -0.3 is 20.6 Å². The Labute approximate surface area is 148 Å². The maximum atomic E-state index is 10.3. The molecule has 0 amide bonds. The van der Waals surface area contributed by atoms with Gasteiger partial charge in [0.15, 0.2) is 11.6 Å². The van der Waals surface area contributed by atoms with Crippen molar-refractivity contribution in [1.82, 2.24) is 19.9 Å². The molecular weight excluding hydrogens is 318 g/mol. The third-order valence-corrected chi connectivity index (χ3v) is 4.46. The first-order valence-electron chi connectivity index (χ1n) is 8.98. The molecule has 2 atom stereocenters. The summed E-state index contributed by atoms with van der Waals surface area (Å²) in [4.78, 5) is 19.9. The van der Waals surface area contributed by atoms with Crippen molar-refractivity contribution in [1.29, 1.82) is 0 Å². The summed E-state index contributed by atoms with van der Waals surface area (Å²) in [5, 5.41) is 17.0. The van der Waals surface area contributed by atoms with Gasteiger partial charge in [-0.3, -0.25) is 0 Å². The smallest absolute Gasteiger partial charge is 0.227 e. The van der Waals surface area contributed by atoms with E-state index in [0.717, 1.165) is 38.6 Å². The van der Waals surface area contributed by atoms with Crippen molar-refractivity contribution >= 4 is 28.6 Å². The summed E-state index contributed by atoms with van der Waals surface area (Å²) >= 11 is 0. The molecule has 1 saturated carbocycles. The van der Waals surface area contributed by atoms with Crippen LogP contribution in [0.1, 0.15) is 39.0 Å². The Bertz CT molecular complexity index is 721. The summed E-state index contributed by atoms with van der Waals surface area (Å²) in [5.74, 6) is 1.97. The van der Waals surface area contributed by atoms with Crippen LogP contribution < -0.4 is 15.5 Å². The van der Waals surface area contributed by atoms with E-state index in [9.17, 15) is 5.11 Å². The zero-order valence-corrected chi connectivity index (χ0v) is 15.2. The summed E-state index contributed by atoms with van der Waals surface area (Å²) in [7, 11) is 3.82. The molecule has 0 aliphatic heterocycles. The molecule has 8 heteroatoms. The van der Waals surface area contributed by atoms with Gasteiger partial charge in [-0.25, -0.2) is 15.0 Å². The highest BCUT2D eigenvalue weighted by Gasteiger charge is 2.24. The SMILES string of the molecule is CCCNc1nc(N(C)C)nc2c(N[C@H]3CCCC[C@H]3O)ncnc12. The minimum absolute atomic E-state index is 0.00308. The van der Waals surface area contributed by atoms with Crippen molar-refractivity contribution in [2.24, 2.45) is 0 Å². The summed E-state index contributed by atoms with van der Waals surface area (Å²) < 4.78 is 0. The van der Waals surface area contributed by atoms with Crippen LogP contribution in [0.2, 0.25) is 0 Å². The van der Waals surface area contributed by atoms with Crippen LogP contribution in [0.25, 0.3) is 11.0 Å². The maximum Gasteiger partial charge on any atom is 0.227 e. The molecule has 2 heterocycles. The van der Waals surface area contributed by atoms with Crippen LogP contribution >= 0.6 is 0 Å². The molecular formula is C17H27N7O. The van der Waals surface area contributed by atoms with Crippen LogP contribution in [0, 0.1) is 0 Å². The number of aliphatic hydroxyl groups excluding tert-OH is 1. The fourth-order valence-corrected chi connectivity index (χ4v) is 3.06. The van der Waals surface area contributed by atoms with Crippen molar-refractivity contribution in [3.63, 3.8) is 0 Å². The van der Waals surface area contributed by atoms with Crippen LogP contribution in [-0.2, 0) is 0 Å². The number of hydrogen-bond acceptors (Lipinski definition) is 8. The quantitative estimate of drug-likeness (QED) is 0.731. The molecule has 1 aliphatic rings. The minimum Gasteiger partial charge on any atom is -0.391 e. The molecule has 1 fully saturated rings. The maximum absolute atomic E-state index is 10.3. The number of nitrogens with one attached hydrogen (secondary N) is 2. The van der Waals surface area contributed by atoms with E-state index in [1.54, 1.807) is 0 Å². The van der Waals surface area contributed by atoms with E-state index in [2.05, 4.69) is 37.5 Å². The van der Waals surface area contributed by atoms with Gasteiger partial charge in [0.05, 0.1) is 12.1 Å². The van der Waals surface area contributed by atoms with E-state index in [0.29, 0.717) is 28.6 Å². The standard InChI is InChI=1S/C17H27N7O/c1-4-9-18-15-13-14(22-17(23-15)24(2)3)16(20-10-19-13)21-11-7-5-6-8-12(11)25/h10-12,25H,4-9H2,1-3H3,(H,18,22,23)(H,19,20,21)/t11-,12+/m0/s1. The lowest BCUT2D eigenvalue weighted by Gasteiger charge is -2.29. The molecule has 3 N–H and O–H groups in total. The first-order valence-corrected chi connectivity index (χ1v) is 8.98. The Balaban J connectivity index is 2.01. The lowest BCUT2D eigenvalue weighted by molar-refractivity contribution is 0.116. The third-order valence-electron chi connectivity index (χ3n) is 4.46. The van der Waals surface area contributed by atoms with Gasteiger partial charge in [0.25, 0.3) is 0 Å². The number of anilines is 3. The number of fused-ring (bicyclic) bond motifs is 1. The van der Waals surface area contributed by atoms with E-state index in [4.69, 9.17) is 0 Å². The average molecular weight is 345 g/mol. The molecule has 25 heavy (non-hydrogen) atoms. The Kier molecular flexibility index (Phi) is 5.47. The van der Waals surface area contributed by atoms with Crippen LogP contribution in [0.5, 0.6) is 0 Å². The number of hydrogen-bond donors (Lipinski definition) is 3. The topological polar surface area (TPSA) is 99.1 Å². The van der Waals surface area contributed by atoms with Crippen molar-refractivity contribution in [2.45, 2.75) is 51.2 Å². The Morgan fingerprint density at radius 2 is 1.92 bits per heavy atom. The summed E-state index contributed by atoms with van der Waals surface area (Å²) in [5.41, 5.74) is 1.37. The molecule has 1 aliphatic carbocycles. The highest BCUT2D eigenvalue weighted by molar-refractivity contribution is 5.93. The second kappa shape index (κ2) is 7.77. The van der Waals surface area contributed by atoms with Crippen LogP contribution in [0.4, 0.5) is 17.6 Å². The Morgan fingerprint density at radius 3 is 2.64 bits per heavy atom.